The Labute approximate surface area is 234 Å². The van der Waals surface area contributed by atoms with E-state index in [1.165, 1.54) is 16.8 Å². The van der Waals surface area contributed by atoms with Gasteiger partial charge in [-0.15, -0.1) is 0 Å². The van der Waals surface area contributed by atoms with Crippen LogP contribution < -0.4 is 20.9 Å². The lowest BCUT2D eigenvalue weighted by Crippen LogP contribution is -2.44. The first-order chi connectivity index (χ1) is 19.5. The highest BCUT2D eigenvalue weighted by molar-refractivity contribution is 7.91. The zero-order valence-corrected chi connectivity index (χ0v) is 23.2. The third kappa shape index (κ3) is 6.20. The first kappa shape index (κ1) is 28.6. The topological polar surface area (TPSA) is 118 Å². The third-order valence-corrected chi connectivity index (χ3v) is 8.00. The van der Waals surface area contributed by atoms with Crippen molar-refractivity contribution in [1.29, 1.82) is 0 Å². The molecule has 1 aliphatic heterocycles. The molecule has 0 bridgehead atoms. The van der Waals surface area contributed by atoms with E-state index in [4.69, 9.17) is 0 Å². The molecule has 0 saturated carbocycles. The summed E-state index contributed by atoms with van der Waals surface area (Å²) in [7, 11) is -4.05. The Balaban J connectivity index is 1.49. The number of pyridine rings is 1. The second kappa shape index (κ2) is 11.5. The molecule has 9 nitrogen and oxygen atoms in total. The van der Waals surface area contributed by atoms with E-state index in [1.54, 1.807) is 44.2 Å². The SMILES string of the molecule is CC(C)n1c(=O)c(-c2ccc(NS(=O)(=O)Cc3ccccc3)c(F)c2F)cc2cnc(N[C@@H]3CNC[C@@H](F)C3)nc21. The van der Waals surface area contributed by atoms with Gasteiger partial charge < -0.3 is 10.6 Å². The second-order valence-corrected chi connectivity index (χ2v) is 12.0. The highest BCUT2D eigenvalue weighted by atomic mass is 32.2. The van der Waals surface area contributed by atoms with Gasteiger partial charge >= 0.3 is 0 Å². The lowest BCUT2D eigenvalue weighted by atomic mass is 10.0. The van der Waals surface area contributed by atoms with Gasteiger partial charge in [0.25, 0.3) is 5.56 Å². The van der Waals surface area contributed by atoms with E-state index >= 15 is 8.78 Å². The summed E-state index contributed by atoms with van der Waals surface area (Å²) in [6, 6.07) is 11.3. The number of anilines is 2. The minimum Gasteiger partial charge on any atom is -0.350 e. The summed E-state index contributed by atoms with van der Waals surface area (Å²) in [6.07, 6.45) is 0.739. The molecule has 13 heteroatoms. The zero-order chi connectivity index (χ0) is 29.3. The number of hydrogen-bond acceptors (Lipinski definition) is 7. The number of nitrogens with one attached hydrogen (secondary N) is 3. The fourth-order valence-electron chi connectivity index (χ4n) is 4.88. The summed E-state index contributed by atoms with van der Waals surface area (Å²) >= 11 is 0. The molecule has 2 aromatic heterocycles. The summed E-state index contributed by atoms with van der Waals surface area (Å²) in [5, 5.41) is 6.48. The summed E-state index contributed by atoms with van der Waals surface area (Å²) in [5.41, 5.74) is -0.903. The van der Waals surface area contributed by atoms with E-state index in [-0.39, 0.29) is 41.7 Å². The van der Waals surface area contributed by atoms with Crippen molar-refractivity contribution in [3.63, 3.8) is 0 Å². The van der Waals surface area contributed by atoms with Crippen molar-refractivity contribution in [2.24, 2.45) is 0 Å². The number of hydrogen-bond donors (Lipinski definition) is 3. The number of benzene rings is 2. The van der Waals surface area contributed by atoms with Crippen LogP contribution in [0, 0.1) is 11.6 Å². The van der Waals surface area contributed by atoms with Gasteiger partial charge in [-0.2, -0.15) is 4.98 Å². The van der Waals surface area contributed by atoms with Crippen molar-refractivity contribution in [3.05, 3.63) is 82.3 Å². The molecule has 1 fully saturated rings. The van der Waals surface area contributed by atoms with E-state index < -0.39 is 50.9 Å². The van der Waals surface area contributed by atoms with Crippen molar-refractivity contribution in [3.8, 4) is 11.1 Å². The minimum atomic E-state index is -4.05. The van der Waals surface area contributed by atoms with Crippen LogP contribution in [-0.2, 0) is 15.8 Å². The van der Waals surface area contributed by atoms with Crippen molar-refractivity contribution in [2.45, 2.75) is 44.3 Å². The summed E-state index contributed by atoms with van der Waals surface area (Å²) in [5.74, 6) is -3.02. The van der Waals surface area contributed by atoms with E-state index in [9.17, 15) is 17.6 Å². The van der Waals surface area contributed by atoms with Gasteiger partial charge in [-0.1, -0.05) is 30.3 Å². The van der Waals surface area contributed by atoms with Crippen molar-refractivity contribution in [2.75, 3.05) is 23.1 Å². The molecule has 3 heterocycles. The standard InChI is InChI=1S/C28H29F3N6O3S/c1-16(2)37-26-18(12-33-28(35-26)34-20-11-19(29)13-32-14-20)10-22(27(37)38)21-8-9-23(25(31)24(21)30)36-41(39,40)15-17-6-4-3-5-7-17/h3-10,12,16,19-20,32,36H,11,13-15H2,1-2H3,(H,33,34,35)/t19-,20-/m0/s1. The lowest BCUT2D eigenvalue weighted by molar-refractivity contribution is 0.254. The lowest BCUT2D eigenvalue weighted by Gasteiger charge is -2.26. The maximum Gasteiger partial charge on any atom is 0.260 e. The van der Waals surface area contributed by atoms with Gasteiger partial charge in [-0.3, -0.25) is 14.1 Å². The van der Waals surface area contributed by atoms with E-state index in [2.05, 4.69) is 25.3 Å². The van der Waals surface area contributed by atoms with Crippen LogP contribution in [0.15, 0.2) is 59.5 Å². The van der Waals surface area contributed by atoms with Crippen LogP contribution in [0.4, 0.5) is 24.8 Å². The van der Waals surface area contributed by atoms with Gasteiger partial charge in [0.1, 0.15) is 11.8 Å². The molecular formula is C28H29F3N6O3S. The van der Waals surface area contributed by atoms with Gasteiger partial charge in [-0.25, -0.2) is 26.6 Å². The largest absolute Gasteiger partial charge is 0.350 e. The number of sulfonamides is 1. The Hall–Kier alpha value is -3.97. The fourth-order valence-corrected chi connectivity index (χ4v) is 6.07. The number of halogens is 3. The Morgan fingerprint density at radius 1 is 1.07 bits per heavy atom. The Kier molecular flexibility index (Phi) is 8.00. The minimum absolute atomic E-state index is 0.137. The van der Waals surface area contributed by atoms with Crippen LogP contribution in [-0.4, -0.2) is 48.3 Å². The van der Waals surface area contributed by atoms with Crippen LogP contribution in [0.3, 0.4) is 0 Å². The average Bonchev–Trinajstić information content (AvgIpc) is 2.91. The maximum atomic E-state index is 15.4. The van der Waals surface area contributed by atoms with Gasteiger partial charge in [0, 0.05) is 48.7 Å². The Bertz CT molecular complexity index is 1750. The molecule has 5 rings (SSSR count). The van der Waals surface area contributed by atoms with Crippen molar-refractivity contribution >= 4 is 32.7 Å². The Morgan fingerprint density at radius 2 is 1.83 bits per heavy atom. The van der Waals surface area contributed by atoms with Crippen LogP contribution in [0.2, 0.25) is 0 Å². The smallest absolute Gasteiger partial charge is 0.260 e. The van der Waals surface area contributed by atoms with E-state index in [1.807, 2.05) is 0 Å². The normalized spacial score (nSPS) is 17.6. The van der Waals surface area contributed by atoms with Crippen molar-refractivity contribution in [1.82, 2.24) is 19.9 Å². The highest BCUT2D eigenvalue weighted by Crippen LogP contribution is 2.30. The molecule has 2 atom stereocenters. The van der Waals surface area contributed by atoms with E-state index in [0.717, 1.165) is 12.1 Å². The van der Waals surface area contributed by atoms with Gasteiger partial charge in [0.05, 0.1) is 17.0 Å². The first-order valence-corrected chi connectivity index (χ1v) is 14.7. The molecular weight excluding hydrogens is 557 g/mol. The molecule has 0 unspecified atom stereocenters. The number of rotatable bonds is 8. The van der Waals surface area contributed by atoms with Crippen LogP contribution in [0.25, 0.3) is 22.2 Å². The monoisotopic (exact) mass is 586 g/mol. The summed E-state index contributed by atoms with van der Waals surface area (Å²) in [4.78, 5) is 22.3. The second-order valence-electron chi connectivity index (χ2n) is 10.3. The van der Waals surface area contributed by atoms with Crippen LogP contribution in [0.5, 0.6) is 0 Å². The van der Waals surface area contributed by atoms with Gasteiger partial charge in [0.2, 0.25) is 16.0 Å². The molecule has 0 amide bonds. The summed E-state index contributed by atoms with van der Waals surface area (Å²) < 4.78 is 72.9. The molecule has 0 radical (unpaired) electrons. The number of piperidine rings is 1. The number of aromatic nitrogens is 3. The highest BCUT2D eigenvalue weighted by Gasteiger charge is 2.24. The fraction of sp³-hybridized carbons (Fsp3) is 0.321. The first-order valence-electron chi connectivity index (χ1n) is 13.1. The average molecular weight is 587 g/mol. The van der Waals surface area contributed by atoms with Gasteiger partial charge in [-0.05, 0) is 37.6 Å². The predicted molar refractivity (Wildman–Crippen MR) is 152 cm³/mol. The van der Waals surface area contributed by atoms with Crippen LogP contribution in [0.1, 0.15) is 31.9 Å². The van der Waals surface area contributed by atoms with E-state index in [0.29, 0.717) is 17.5 Å². The zero-order valence-electron chi connectivity index (χ0n) is 22.4. The third-order valence-electron chi connectivity index (χ3n) is 6.76. The molecule has 1 saturated heterocycles. The maximum absolute atomic E-state index is 15.4. The molecule has 2 aromatic carbocycles. The summed E-state index contributed by atoms with van der Waals surface area (Å²) in [6.45, 7) is 4.31. The molecule has 3 N–H and O–H groups in total. The molecule has 4 aromatic rings. The predicted octanol–water partition coefficient (Wildman–Crippen LogP) is 4.37. The number of nitrogens with zero attached hydrogens (tertiary/aromatic N) is 3. The number of fused-ring (bicyclic) bond motifs is 1. The Morgan fingerprint density at radius 3 is 2.54 bits per heavy atom. The van der Waals surface area contributed by atoms with Crippen LogP contribution >= 0.6 is 0 Å². The molecule has 41 heavy (non-hydrogen) atoms. The van der Waals surface area contributed by atoms with Crippen molar-refractivity contribution < 1.29 is 21.6 Å². The molecule has 1 aliphatic rings. The number of alkyl halides is 1. The van der Waals surface area contributed by atoms with Gasteiger partial charge in [0.15, 0.2) is 11.6 Å². The molecule has 216 valence electrons. The molecule has 0 spiro atoms. The molecule has 0 aliphatic carbocycles. The quantitative estimate of drug-likeness (QED) is 0.281.